The molecular formula is C14H22ClNO2. The number of benzene rings is 1. The van der Waals surface area contributed by atoms with Crippen LogP contribution in [0.2, 0.25) is 5.02 Å². The molecule has 0 fully saturated rings. The van der Waals surface area contributed by atoms with Crippen LogP contribution in [-0.4, -0.2) is 17.3 Å². The summed E-state index contributed by atoms with van der Waals surface area (Å²) in [6.45, 7) is 7.78. The molecule has 18 heavy (non-hydrogen) atoms. The molecule has 0 aliphatic carbocycles. The molecule has 102 valence electrons. The van der Waals surface area contributed by atoms with Crippen molar-refractivity contribution in [1.82, 2.24) is 0 Å². The van der Waals surface area contributed by atoms with Crippen LogP contribution >= 0.6 is 11.6 Å². The predicted molar refractivity (Wildman–Crippen MR) is 75.0 cm³/mol. The Kier molecular flexibility index (Phi) is 5.02. The molecule has 0 aliphatic heterocycles. The average Bonchev–Trinajstić information content (AvgIpc) is 2.27. The van der Waals surface area contributed by atoms with Gasteiger partial charge in [0.25, 0.3) is 0 Å². The lowest BCUT2D eigenvalue weighted by molar-refractivity contribution is -0.0269. The first-order chi connectivity index (χ1) is 8.24. The summed E-state index contributed by atoms with van der Waals surface area (Å²) in [7, 11) is 0. The molecule has 0 saturated heterocycles. The highest BCUT2D eigenvalue weighted by molar-refractivity contribution is 6.30. The second kappa shape index (κ2) is 5.91. The number of halogens is 1. The lowest BCUT2D eigenvalue weighted by Crippen LogP contribution is -2.38. The maximum atomic E-state index is 10.2. The molecule has 0 heterocycles. The van der Waals surface area contributed by atoms with E-state index in [2.05, 4.69) is 0 Å². The summed E-state index contributed by atoms with van der Waals surface area (Å²) in [5, 5.41) is 10.8. The minimum Gasteiger partial charge on any atom is -0.490 e. The summed E-state index contributed by atoms with van der Waals surface area (Å²) in [4.78, 5) is 0. The second-order valence-corrected chi connectivity index (χ2v) is 5.71. The van der Waals surface area contributed by atoms with Crippen LogP contribution in [0.4, 0.5) is 0 Å². The summed E-state index contributed by atoms with van der Waals surface area (Å²) >= 11 is 5.94. The molecule has 4 heteroatoms. The molecule has 0 aliphatic rings. The zero-order chi connectivity index (χ0) is 13.9. The third kappa shape index (κ3) is 3.87. The molecule has 1 unspecified atom stereocenters. The number of hydrogen-bond donors (Lipinski definition) is 2. The van der Waals surface area contributed by atoms with Crippen molar-refractivity contribution in [3.8, 4) is 5.75 Å². The number of nitrogens with two attached hydrogens (primary N) is 1. The van der Waals surface area contributed by atoms with Crippen LogP contribution < -0.4 is 10.5 Å². The Balaban J connectivity index is 2.85. The van der Waals surface area contributed by atoms with E-state index in [1.54, 1.807) is 25.1 Å². The fraction of sp³-hybridized carbons (Fsp3) is 0.571. The molecule has 1 aromatic rings. The van der Waals surface area contributed by atoms with Gasteiger partial charge in [-0.1, -0.05) is 25.4 Å². The van der Waals surface area contributed by atoms with E-state index < -0.39 is 5.60 Å². The van der Waals surface area contributed by atoms with E-state index in [1.807, 2.05) is 20.8 Å². The van der Waals surface area contributed by atoms with Gasteiger partial charge in [-0.05, 0) is 38.0 Å². The SMILES string of the molecule is CC(C)C(C)(O)COc1ccc(Cl)cc1[C@H](C)N. The van der Waals surface area contributed by atoms with Crippen LogP contribution in [0.25, 0.3) is 0 Å². The Bertz CT molecular complexity index is 403. The van der Waals surface area contributed by atoms with Crippen LogP contribution in [0.15, 0.2) is 18.2 Å². The zero-order valence-corrected chi connectivity index (χ0v) is 12.2. The monoisotopic (exact) mass is 271 g/mol. The van der Waals surface area contributed by atoms with E-state index in [9.17, 15) is 5.11 Å². The van der Waals surface area contributed by atoms with Crippen molar-refractivity contribution in [3.63, 3.8) is 0 Å². The Hall–Kier alpha value is -0.770. The van der Waals surface area contributed by atoms with Crippen molar-refractivity contribution < 1.29 is 9.84 Å². The van der Waals surface area contributed by atoms with Gasteiger partial charge in [0.05, 0.1) is 5.60 Å². The van der Waals surface area contributed by atoms with Gasteiger partial charge in [-0.3, -0.25) is 0 Å². The summed E-state index contributed by atoms with van der Waals surface area (Å²) in [5.74, 6) is 0.791. The molecule has 3 N–H and O–H groups in total. The molecule has 0 radical (unpaired) electrons. The maximum Gasteiger partial charge on any atom is 0.124 e. The second-order valence-electron chi connectivity index (χ2n) is 5.27. The highest BCUT2D eigenvalue weighted by atomic mass is 35.5. The van der Waals surface area contributed by atoms with Gasteiger partial charge >= 0.3 is 0 Å². The smallest absolute Gasteiger partial charge is 0.124 e. The first-order valence-corrected chi connectivity index (χ1v) is 6.52. The van der Waals surface area contributed by atoms with Crippen LogP contribution in [0.1, 0.15) is 39.3 Å². The molecule has 1 rings (SSSR count). The molecule has 2 atom stereocenters. The lowest BCUT2D eigenvalue weighted by Gasteiger charge is -2.28. The highest BCUT2D eigenvalue weighted by Gasteiger charge is 2.26. The Morgan fingerprint density at radius 1 is 1.39 bits per heavy atom. The summed E-state index contributed by atoms with van der Waals surface area (Å²) in [6, 6.07) is 5.18. The van der Waals surface area contributed by atoms with Crippen molar-refractivity contribution in [2.45, 2.75) is 39.3 Å². The largest absolute Gasteiger partial charge is 0.490 e. The van der Waals surface area contributed by atoms with E-state index in [0.29, 0.717) is 10.8 Å². The Morgan fingerprint density at radius 3 is 2.50 bits per heavy atom. The van der Waals surface area contributed by atoms with E-state index in [-0.39, 0.29) is 18.6 Å². The standard InChI is InChI=1S/C14H22ClNO2/c1-9(2)14(4,17)8-18-13-6-5-11(15)7-12(13)10(3)16/h5-7,9-10,17H,8,16H2,1-4H3/t10-,14?/m0/s1. The van der Waals surface area contributed by atoms with Crippen LogP contribution in [-0.2, 0) is 0 Å². The van der Waals surface area contributed by atoms with E-state index in [4.69, 9.17) is 22.1 Å². The minimum absolute atomic E-state index is 0.114. The Labute approximate surface area is 114 Å². The molecule has 0 saturated carbocycles. The normalized spacial score (nSPS) is 16.4. The average molecular weight is 272 g/mol. The highest BCUT2D eigenvalue weighted by Crippen LogP contribution is 2.28. The lowest BCUT2D eigenvalue weighted by atomic mass is 9.94. The maximum absolute atomic E-state index is 10.2. The predicted octanol–water partition coefficient (Wildman–Crippen LogP) is 3.15. The third-order valence-electron chi connectivity index (χ3n) is 3.23. The van der Waals surface area contributed by atoms with Gasteiger partial charge in [-0.2, -0.15) is 0 Å². The quantitative estimate of drug-likeness (QED) is 0.865. The van der Waals surface area contributed by atoms with Gasteiger partial charge in [0, 0.05) is 16.6 Å². The molecule has 0 spiro atoms. The number of aliphatic hydroxyl groups is 1. The van der Waals surface area contributed by atoms with Gasteiger partial charge in [0.2, 0.25) is 0 Å². The van der Waals surface area contributed by atoms with E-state index >= 15 is 0 Å². The Morgan fingerprint density at radius 2 is 2.00 bits per heavy atom. The summed E-state index contributed by atoms with van der Waals surface area (Å²) < 4.78 is 5.69. The first kappa shape index (κ1) is 15.3. The van der Waals surface area contributed by atoms with Gasteiger partial charge < -0.3 is 15.6 Å². The minimum atomic E-state index is -0.866. The van der Waals surface area contributed by atoms with Crippen LogP contribution in [0, 0.1) is 5.92 Å². The van der Waals surface area contributed by atoms with Crippen molar-refractivity contribution in [2.24, 2.45) is 11.7 Å². The van der Waals surface area contributed by atoms with Crippen LogP contribution in [0.3, 0.4) is 0 Å². The first-order valence-electron chi connectivity index (χ1n) is 6.14. The zero-order valence-electron chi connectivity index (χ0n) is 11.4. The third-order valence-corrected chi connectivity index (χ3v) is 3.46. The van der Waals surface area contributed by atoms with Crippen molar-refractivity contribution in [3.05, 3.63) is 28.8 Å². The van der Waals surface area contributed by atoms with E-state index in [0.717, 1.165) is 5.56 Å². The molecule has 0 amide bonds. The van der Waals surface area contributed by atoms with Crippen molar-refractivity contribution >= 4 is 11.6 Å². The van der Waals surface area contributed by atoms with Crippen molar-refractivity contribution in [1.29, 1.82) is 0 Å². The molecule has 0 bridgehead atoms. The van der Waals surface area contributed by atoms with Gasteiger partial charge in [-0.25, -0.2) is 0 Å². The molecule has 0 aromatic heterocycles. The molecule has 3 nitrogen and oxygen atoms in total. The fourth-order valence-corrected chi connectivity index (χ4v) is 1.58. The molecular weight excluding hydrogens is 250 g/mol. The van der Waals surface area contributed by atoms with Gasteiger partial charge in [0.15, 0.2) is 0 Å². The number of rotatable bonds is 5. The summed E-state index contributed by atoms with van der Waals surface area (Å²) in [5.41, 5.74) is 5.86. The van der Waals surface area contributed by atoms with Crippen LogP contribution in [0.5, 0.6) is 5.75 Å². The number of ether oxygens (including phenoxy) is 1. The summed E-state index contributed by atoms with van der Waals surface area (Å²) in [6.07, 6.45) is 0. The topological polar surface area (TPSA) is 55.5 Å². The fourth-order valence-electron chi connectivity index (χ4n) is 1.40. The number of hydrogen-bond acceptors (Lipinski definition) is 3. The van der Waals surface area contributed by atoms with Gasteiger partial charge in [-0.15, -0.1) is 0 Å². The molecule has 1 aromatic carbocycles. The van der Waals surface area contributed by atoms with Crippen molar-refractivity contribution in [2.75, 3.05) is 6.61 Å². The van der Waals surface area contributed by atoms with E-state index in [1.165, 1.54) is 0 Å². The van der Waals surface area contributed by atoms with Gasteiger partial charge in [0.1, 0.15) is 12.4 Å².